The number of hydrogen-bond donors (Lipinski definition) is 0. The summed E-state index contributed by atoms with van der Waals surface area (Å²) in [5.41, 5.74) is 6.29. The van der Waals surface area contributed by atoms with Crippen molar-refractivity contribution >= 4 is 0 Å². The largest absolute Gasteiger partial charge is 1.00 e. The predicted molar refractivity (Wildman–Crippen MR) is 90.1 cm³/mol. The second kappa shape index (κ2) is 8.20. The smallest absolute Gasteiger partial charge is 1.00 e. The van der Waals surface area contributed by atoms with Gasteiger partial charge in [-0.1, -0.05) is 0 Å². The van der Waals surface area contributed by atoms with Gasteiger partial charge in [0, 0.05) is 0 Å². The summed E-state index contributed by atoms with van der Waals surface area (Å²) in [7, 11) is 0. The van der Waals surface area contributed by atoms with E-state index in [9.17, 15) is 0 Å². The Kier molecular flexibility index (Phi) is 8.35. The third-order valence-corrected chi connectivity index (χ3v) is 10.4. The molecule has 0 aromatic rings. The Balaban J connectivity index is 0.00000242. The van der Waals surface area contributed by atoms with Gasteiger partial charge in [-0.05, 0) is 0 Å². The average molecular weight is 433 g/mol. The quantitative estimate of drug-likeness (QED) is 0.608. The van der Waals surface area contributed by atoms with E-state index in [1.165, 1.54) is 0 Å². The maximum Gasteiger partial charge on any atom is -1.00 e. The molecule has 2 aliphatic carbocycles. The zero-order chi connectivity index (χ0) is 16.0. The minimum absolute atomic E-state index is 0. The van der Waals surface area contributed by atoms with E-state index in [0.717, 1.165) is 0 Å². The second-order valence-electron chi connectivity index (χ2n) is 7.78. The molecule has 2 atom stereocenters. The van der Waals surface area contributed by atoms with Crippen molar-refractivity contribution < 1.29 is 48.0 Å². The van der Waals surface area contributed by atoms with Crippen molar-refractivity contribution in [3.8, 4) is 0 Å². The fourth-order valence-electron chi connectivity index (χ4n) is 3.25. The molecule has 0 saturated carbocycles. The van der Waals surface area contributed by atoms with Crippen LogP contribution in [0.3, 0.4) is 0 Å². The molecule has 0 bridgehead atoms. The molecule has 128 valence electrons. The maximum atomic E-state index is 2.60. The first-order valence-electron chi connectivity index (χ1n) is 8.20. The van der Waals surface area contributed by atoms with E-state index >= 15 is 0 Å². The Bertz CT molecular complexity index is 516. The standard InChI is InChI=1S/2C10H15.2ClH.Zr/c2*1-7(2)10-5-8(3)9(4)6-10;;;/h2*5-7H,1-4H3;2*1H;/q;;;;+2/p-2. The van der Waals surface area contributed by atoms with Gasteiger partial charge in [-0.25, -0.2) is 0 Å². The summed E-state index contributed by atoms with van der Waals surface area (Å²) < 4.78 is 0.742. The molecule has 0 amide bonds. The summed E-state index contributed by atoms with van der Waals surface area (Å²) in [6.07, 6.45) is 10.1. The molecule has 0 nitrogen and oxygen atoms in total. The normalized spacial score (nSPS) is 29.3. The molecule has 0 aromatic carbocycles. The van der Waals surface area contributed by atoms with Crippen molar-refractivity contribution in [1.82, 2.24) is 0 Å². The summed E-state index contributed by atoms with van der Waals surface area (Å²) in [5, 5.41) is 0. The first kappa shape index (κ1) is 23.4. The monoisotopic (exact) mass is 430 g/mol. The SMILES string of the molecule is CC1=CC(C(C)C)=C[C]1(C)[Zr+2][C]1(C)C=C(C(C)C)C=C1C.[Cl-].[Cl-]. The van der Waals surface area contributed by atoms with Gasteiger partial charge in [0.05, 0.1) is 0 Å². The van der Waals surface area contributed by atoms with Crippen molar-refractivity contribution in [2.45, 2.75) is 61.6 Å². The Morgan fingerprint density at radius 1 is 0.739 bits per heavy atom. The first-order valence-corrected chi connectivity index (χ1v) is 10.7. The number of rotatable bonds is 4. The molecule has 0 aromatic heterocycles. The molecule has 2 rings (SSSR count). The minimum atomic E-state index is -0.681. The molecule has 2 aliphatic rings. The van der Waals surface area contributed by atoms with Gasteiger partial charge in [-0.2, -0.15) is 0 Å². The van der Waals surface area contributed by atoms with Crippen LogP contribution in [0.4, 0.5) is 0 Å². The Labute approximate surface area is 167 Å². The van der Waals surface area contributed by atoms with Crippen LogP contribution in [0.2, 0.25) is 6.25 Å². The fraction of sp³-hybridized carbons (Fsp3) is 0.600. The van der Waals surface area contributed by atoms with Gasteiger partial charge < -0.3 is 24.8 Å². The molecular formula is C20H30Cl2Zr. The molecule has 0 spiro atoms. The van der Waals surface area contributed by atoms with Gasteiger partial charge in [0.15, 0.2) is 0 Å². The number of hydrogen-bond acceptors (Lipinski definition) is 0. The van der Waals surface area contributed by atoms with Crippen LogP contribution < -0.4 is 24.8 Å². The summed E-state index contributed by atoms with van der Waals surface area (Å²) in [6.45, 7) is 18.9. The Hall–Kier alpha value is 0.423. The second-order valence-corrected chi connectivity index (χ2v) is 13.5. The van der Waals surface area contributed by atoms with Crippen LogP contribution in [0.1, 0.15) is 55.4 Å². The molecule has 3 heteroatoms. The Morgan fingerprint density at radius 2 is 1.04 bits per heavy atom. The van der Waals surface area contributed by atoms with Crippen LogP contribution >= 0.6 is 0 Å². The predicted octanol–water partition coefficient (Wildman–Crippen LogP) is 0.519. The number of allylic oxidation sites excluding steroid dienone is 8. The zero-order valence-electron chi connectivity index (χ0n) is 15.7. The zero-order valence-corrected chi connectivity index (χ0v) is 19.7. The van der Waals surface area contributed by atoms with E-state index in [-0.39, 0.29) is 24.8 Å². The minimum Gasteiger partial charge on any atom is -1.00 e. The molecule has 23 heavy (non-hydrogen) atoms. The van der Waals surface area contributed by atoms with E-state index in [1.54, 1.807) is 22.3 Å². The summed E-state index contributed by atoms with van der Waals surface area (Å²) in [5.74, 6) is 1.30. The van der Waals surface area contributed by atoms with Crippen LogP contribution in [0.25, 0.3) is 0 Å². The van der Waals surface area contributed by atoms with E-state index in [0.29, 0.717) is 18.1 Å². The molecule has 0 fully saturated rings. The molecule has 0 radical (unpaired) electrons. The molecule has 0 N–H and O–H groups in total. The van der Waals surface area contributed by atoms with Gasteiger partial charge in [-0.3, -0.25) is 0 Å². The average Bonchev–Trinajstić information content (AvgIpc) is 2.79. The van der Waals surface area contributed by atoms with Crippen molar-refractivity contribution in [1.29, 1.82) is 0 Å². The van der Waals surface area contributed by atoms with Crippen LogP contribution in [0.5, 0.6) is 0 Å². The fourth-order valence-corrected chi connectivity index (χ4v) is 8.40. The Morgan fingerprint density at radius 3 is 1.26 bits per heavy atom. The van der Waals surface area contributed by atoms with Crippen molar-refractivity contribution in [2.75, 3.05) is 0 Å². The summed E-state index contributed by atoms with van der Waals surface area (Å²) in [4.78, 5) is 0. The van der Waals surface area contributed by atoms with E-state index in [2.05, 4.69) is 79.7 Å². The summed E-state index contributed by atoms with van der Waals surface area (Å²) in [6, 6.07) is 0. The topological polar surface area (TPSA) is 0 Å². The van der Waals surface area contributed by atoms with E-state index < -0.39 is 23.2 Å². The van der Waals surface area contributed by atoms with Crippen LogP contribution in [-0.4, -0.2) is 0 Å². The van der Waals surface area contributed by atoms with Crippen LogP contribution in [0.15, 0.2) is 46.6 Å². The summed E-state index contributed by atoms with van der Waals surface area (Å²) >= 11 is -0.681. The molecule has 0 aliphatic heterocycles. The van der Waals surface area contributed by atoms with E-state index in [4.69, 9.17) is 0 Å². The van der Waals surface area contributed by atoms with E-state index in [1.807, 2.05) is 0 Å². The third-order valence-electron chi connectivity index (χ3n) is 5.17. The van der Waals surface area contributed by atoms with Crippen molar-refractivity contribution in [3.05, 3.63) is 46.6 Å². The molecule has 2 unspecified atom stereocenters. The van der Waals surface area contributed by atoms with Crippen LogP contribution in [-0.2, 0) is 23.2 Å². The van der Waals surface area contributed by atoms with Gasteiger partial charge >= 0.3 is 143 Å². The van der Waals surface area contributed by atoms with Gasteiger partial charge in [0.25, 0.3) is 0 Å². The van der Waals surface area contributed by atoms with Gasteiger partial charge in [-0.15, -0.1) is 0 Å². The molecular weight excluding hydrogens is 402 g/mol. The maximum absolute atomic E-state index is 2.60. The first-order chi connectivity index (χ1) is 9.57. The molecule has 0 heterocycles. The van der Waals surface area contributed by atoms with Crippen molar-refractivity contribution in [2.24, 2.45) is 11.8 Å². The van der Waals surface area contributed by atoms with Gasteiger partial charge in [0.2, 0.25) is 0 Å². The third kappa shape index (κ3) is 4.74. The molecule has 0 saturated heterocycles. The van der Waals surface area contributed by atoms with Gasteiger partial charge in [0.1, 0.15) is 0 Å². The number of halogens is 2. The van der Waals surface area contributed by atoms with Crippen molar-refractivity contribution in [3.63, 3.8) is 0 Å². The van der Waals surface area contributed by atoms with Crippen LogP contribution in [0, 0.1) is 11.8 Å².